The Labute approximate surface area is 86.8 Å². The molecule has 0 saturated carbocycles. The average molecular weight is 209 g/mol. The zero-order valence-electron chi connectivity index (χ0n) is 8.43. The summed E-state index contributed by atoms with van der Waals surface area (Å²) >= 11 is 0. The fourth-order valence-electron chi connectivity index (χ4n) is 1.05. The number of nitrogens with zero attached hydrogens (tertiary/aromatic N) is 1. The lowest BCUT2D eigenvalue weighted by atomic mass is 10.1. The van der Waals surface area contributed by atoms with Gasteiger partial charge in [-0.05, 0) is 18.2 Å². The zero-order valence-corrected chi connectivity index (χ0v) is 8.43. The lowest BCUT2D eigenvalue weighted by Gasteiger charge is -2.02. The van der Waals surface area contributed by atoms with E-state index in [1.54, 1.807) is 6.07 Å². The SMILES string of the molecule is COc1ccc(O)c(/C=C(/C)[N+](=O)[O-])c1. The second-order valence-corrected chi connectivity index (χ2v) is 2.97. The minimum Gasteiger partial charge on any atom is -0.507 e. The maximum absolute atomic E-state index is 10.4. The highest BCUT2D eigenvalue weighted by atomic mass is 16.6. The number of benzene rings is 1. The average Bonchev–Trinajstić information content (AvgIpc) is 2.21. The van der Waals surface area contributed by atoms with Gasteiger partial charge >= 0.3 is 0 Å². The van der Waals surface area contributed by atoms with E-state index in [4.69, 9.17) is 4.74 Å². The van der Waals surface area contributed by atoms with Crippen LogP contribution in [0.5, 0.6) is 11.5 Å². The minimum absolute atomic E-state index is 0.0167. The van der Waals surface area contributed by atoms with Crippen molar-refractivity contribution in [2.24, 2.45) is 0 Å². The van der Waals surface area contributed by atoms with Crippen molar-refractivity contribution in [3.8, 4) is 11.5 Å². The topological polar surface area (TPSA) is 72.6 Å². The molecule has 1 rings (SSSR count). The highest BCUT2D eigenvalue weighted by Gasteiger charge is 2.06. The summed E-state index contributed by atoms with van der Waals surface area (Å²) in [4.78, 5) is 9.88. The van der Waals surface area contributed by atoms with Crippen LogP contribution in [0.3, 0.4) is 0 Å². The van der Waals surface area contributed by atoms with Gasteiger partial charge in [-0.3, -0.25) is 10.1 Å². The number of rotatable bonds is 3. The Balaban J connectivity index is 3.13. The van der Waals surface area contributed by atoms with E-state index in [-0.39, 0.29) is 11.4 Å². The fourth-order valence-corrected chi connectivity index (χ4v) is 1.05. The van der Waals surface area contributed by atoms with Crippen LogP contribution in [0.1, 0.15) is 12.5 Å². The quantitative estimate of drug-likeness (QED) is 0.610. The van der Waals surface area contributed by atoms with E-state index in [1.807, 2.05) is 0 Å². The van der Waals surface area contributed by atoms with Gasteiger partial charge in [0.05, 0.1) is 12.0 Å². The first-order valence-corrected chi connectivity index (χ1v) is 4.24. The van der Waals surface area contributed by atoms with Crippen molar-refractivity contribution in [3.63, 3.8) is 0 Å². The summed E-state index contributed by atoms with van der Waals surface area (Å²) in [6.07, 6.45) is 1.29. The van der Waals surface area contributed by atoms with Crippen molar-refractivity contribution in [2.45, 2.75) is 6.92 Å². The van der Waals surface area contributed by atoms with Crippen LogP contribution in [0, 0.1) is 10.1 Å². The molecule has 0 aliphatic heterocycles. The Bertz CT molecular complexity index is 412. The van der Waals surface area contributed by atoms with E-state index >= 15 is 0 Å². The highest BCUT2D eigenvalue weighted by molar-refractivity contribution is 5.59. The van der Waals surface area contributed by atoms with Crippen LogP contribution in [-0.2, 0) is 0 Å². The normalized spacial score (nSPS) is 11.2. The number of ether oxygens (including phenoxy) is 1. The summed E-state index contributed by atoms with van der Waals surface area (Å²) in [5.74, 6) is 0.521. The van der Waals surface area contributed by atoms with Crippen LogP contribution < -0.4 is 4.74 Å². The molecule has 0 radical (unpaired) electrons. The number of aromatic hydroxyl groups is 1. The van der Waals surface area contributed by atoms with Gasteiger partial charge in [-0.2, -0.15) is 0 Å². The molecule has 1 aromatic rings. The molecule has 5 nitrogen and oxygen atoms in total. The molecule has 1 N–H and O–H groups in total. The first-order valence-electron chi connectivity index (χ1n) is 4.24. The monoisotopic (exact) mass is 209 g/mol. The van der Waals surface area contributed by atoms with Gasteiger partial charge in [0.25, 0.3) is 0 Å². The minimum atomic E-state index is -0.515. The van der Waals surface area contributed by atoms with Crippen LogP contribution in [0.2, 0.25) is 0 Å². The van der Waals surface area contributed by atoms with Crippen molar-refractivity contribution >= 4 is 6.08 Å². The number of phenolic OH excluding ortho intramolecular Hbond substituents is 1. The molecule has 0 saturated heterocycles. The molecule has 0 atom stereocenters. The molecule has 0 heterocycles. The standard InChI is InChI=1S/C10H11NO4/c1-7(11(13)14)5-8-6-9(15-2)3-4-10(8)12/h3-6,12H,1-2H3/b7-5-. The van der Waals surface area contributed by atoms with E-state index in [2.05, 4.69) is 0 Å². The molecular formula is C10H11NO4. The van der Waals surface area contributed by atoms with Gasteiger partial charge in [0.15, 0.2) is 0 Å². The Hall–Kier alpha value is -2.04. The van der Waals surface area contributed by atoms with Crippen molar-refractivity contribution in [1.82, 2.24) is 0 Å². The van der Waals surface area contributed by atoms with Crippen LogP contribution in [0.4, 0.5) is 0 Å². The Morgan fingerprint density at radius 1 is 1.60 bits per heavy atom. The molecule has 0 amide bonds. The molecule has 0 bridgehead atoms. The largest absolute Gasteiger partial charge is 0.507 e. The molecule has 5 heteroatoms. The zero-order chi connectivity index (χ0) is 11.4. The lowest BCUT2D eigenvalue weighted by Crippen LogP contribution is -1.93. The summed E-state index contributed by atoms with van der Waals surface area (Å²) in [5.41, 5.74) is 0.321. The second kappa shape index (κ2) is 4.45. The van der Waals surface area contributed by atoms with E-state index < -0.39 is 4.92 Å². The second-order valence-electron chi connectivity index (χ2n) is 2.97. The first-order chi connectivity index (χ1) is 7.04. The summed E-state index contributed by atoms with van der Waals surface area (Å²) in [5, 5.41) is 19.8. The van der Waals surface area contributed by atoms with E-state index in [0.29, 0.717) is 11.3 Å². The number of nitro groups is 1. The Kier molecular flexibility index (Phi) is 3.28. The van der Waals surface area contributed by atoms with Crippen LogP contribution >= 0.6 is 0 Å². The van der Waals surface area contributed by atoms with Gasteiger partial charge in [0.1, 0.15) is 11.5 Å². The molecule has 0 fully saturated rings. The van der Waals surface area contributed by atoms with Gasteiger partial charge in [0.2, 0.25) is 5.70 Å². The Morgan fingerprint density at radius 2 is 2.27 bits per heavy atom. The molecule has 0 aliphatic rings. The predicted molar refractivity (Wildman–Crippen MR) is 55.3 cm³/mol. The molecular weight excluding hydrogens is 198 g/mol. The first kappa shape index (κ1) is 11.0. The molecule has 0 spiro atoms. The van der Waals surface area contributed by atoms with Crippen molar-refractivity contribution in [3.05, 3.63) is 39.6 Å². The van der Waals surface area contributed by atoms with Gasteiger partial charge in [-0.15, -0.1) is 0 Å². The van der Waals surface area contributed by atoms with Gasteiger partial charge < -0.3 is 9.84 Å². The molecule has 0 aromatic heterocycles. The fraction of sp³-hybridized carbons (Fsp3) is 0.200. The maximum atomic E-state index is 10.4. The third-order valence-corrected chi connectivity index (χ3v) is 1.89. The van der Waals surface area contributed by atoms with E-state index in [0.717, 1.165) is 0 Å². The van der Waals surface area contributed by atoms with Crippen molar-refractivity contribution in [2.75, 3.05) is 7.11 Å². The molecule has 1 aromatic carbocycles. The van der Waals surface area contributed by atoms with Crippen LogP contribution in [0.25, 0.3) is 6.08 Å². The van der Waals surface area contributed by atoms with Crippen LogP contribution in [-0.4, -0.2) is 17.1 Å². The highest BCUT2D eigenvalue weighted by Crippen LogP contribution is 2.24. The van der Waals surface area contributed by atoms with Gasteiger partial charge in [0, 0.05) is 18.6 Å². The Morgan fingerprint density at radius 3 is 2.80 bits per heavy atom. The van der Waals surface area contributed by atoms with E-state index in [9.17, 15) is 15.2 Å². The maximum Gasteiger partial charge on any atom is 0.243 e. The van der Waals surface area contributed by atoms with E-state index in [1.165, 1.54) is 32.2 Å². The lowest BCUT2D eigenvalue weighted by molar-refractivity contribution is -0.422. The molecule has 0 aliphatic carbocycles. The van der Waals surface area contributed by atoms with Gasteiger partial charge in [-0.1, -0.05) is 0 Å². The third kappa shape index (κ3) is 2.70. The smallest absolute Gasteiger partial charge is 0.243 e. The van der Waals surface area contributed by atoms with Crippen molar-refractivity contribution in [1.29, 1.82) is 0 Å². The number of allylic oxidation sites excluding steroid dienone is 1. The molecule has 15 heavy (non-hydrogen) atoms. The summed E-state index contributed by atoms with van der Waals surface area (Å²) in [7, 11) is 1.49. The number of hydrogen-bond acceptors (Lipinski definition) is 4. The molecule has 0 unspecified atom stereocenters. The third-order valence-electron chi connectivity index (χ3n) is 1.89. The van der Waals surface area contributed by atoms with Crippen molar-refractivity contribution < 1.29 is 14.8 Å². The molecule has 80 valence electrons. The predicted octanol–water partition coefficient (Wildman–Crippen LogP) is 2.04. The number of phenols is 1. The number of methoxy groups -OCH3 is 1. The number of hydrogen-bond donors (Lipinski definition) is 1. The summed E-state index contributed by atoms with van der Waals surface area (Å²) in [6, 6.07) is 4.54. The summed E-state index contributed by atoms with van der Waals surface area (Å²) < 4.78 is 4.94. The van der Waals surface area contributed by atoms with Gasteiger partial charge in [-0.25, -0.2) is 0 Å². The summed E-state index contributed by atoms with van der Waals surface area (Å²) in [6.45, 7) is 1.36. The van der Waals surface area contributed by atoms with Crippen LogP contribution in [0.15, 0.2) is 23.9 Å².